The predicted molar refractivity (Wildman–Crippen MR) is 139 cm³/mol. The van der Waals surface area contributed by atoms with Crippen LogP contribution >= 0.6 is 0 Å². The third kappa shape index (κ3) is 6.90. The van der Waals surface area contributed by atoms with Gasteiger partial charge in [0.05, 0.1) is 11.4 Å². The van der Waals surface area contributed by atoms with Gasteiger partial charge in [0, 0.05) is 18.7 Å². The lowest BCUT2D eigenvalue weighted by Crippen LogP contribution is -2.53. The second kappa shape index (κ2) is 12.1. The van der Waals surface area contributed by atoms with Crippen molar-refractivity contribution in [3.05, 3.63) is 54.1 Å². The molecule has 0 aromatic heterocycles. The molecule has 2 aromatic carbocycles. The first-order chi connectivity index (χ1) is 17.1. The van der Waals surface area contributed by atoms with Crippen LogP contribution in [0.4, 0.5) is 5.69 Å². The minimum Gasteiger partial charge on any atom is -0.486 e. The van der Waals surface area contributed by atoms with Gasteiger partial charge in [-0.3, -0.25) is 13.9 Å². The van der Waals surface area contributed by atoms with Crippen LogP contribution in [0.5, 0.6) is 11.5 Å². The van der Waals surface area contributed by atoms with E-state index < -0.39 is 28.5 Å². The molecule has 3 rings (SSSR count). The number of carbonyl (C=O) groups excluding carboxylic acids is 2. The Balaban J connectivity index is 1.89. The zero-order valence-electron chi connectivity index (χ0n) is 21.3. The molecular weight excluding hydrogens is 482 g/mol. The van der Waals surface area contributed by atoms with E-state index in [1.807, 2.05) is 44.2 Å². The average Bonchev–Trinajstić information content (AvgIpc) is 2.87. The minimum absolute atomic E-state index is 0.0966. The monoisotopic (exact) mass is 517 g/mol. The normalized spacial score (nSPS) is 13.7. The van der Waals surface area contributed by atoms with Gasteiger partial charge in [-0.1, -0.05) is 30.3 Å². The average molecular weight is 518 g/mol. The number of hydrogen-bond acceptors (Lipinski definition) is 6. The van der Waals surface area contributed by atoms with E-state index in [9.17, 15) is 18.0 Å². The van der Waals surface area contributed by atoms with Gasteiger partial charge in [-0.2, -0.15) is 0 Å². The van der Waals surface area contributed by atoms with Gasteiger partial charge in [0.25, 0.3) is 0 Å². The summed E-state index contributed by atoms with van der Waals surface area (Å²) in [5.41, 5.74) is 1.31. The molecule has 1 unspecified atom stereocenters. The van der Waals surface area contributed by atoms with Gasteiger partial charge in [0.15, 0.2) is 11.5 Å². The Hall–Kier alpha value is -3.27. The fraction of sp³-hybridized carbons (Fsp3) is 0.462. The molecule has 196 valence electrons. The van der Waals surface area contributed by atoms with Crippen molar-refractivity contribution in [2.75, 3.05) is 36.4 Å². The van der Waals surface area contributed by atoms with Crippen LogP contribution in [0.15, 0.2) is 48.5 Å². The molecule has 9 nitrogen and oxygen atoms in total. The number of benzene rings is 2. The maximum Gasteiger partial charge on any atom is 0.244 e. The van der Waals surface area contributed by atoms with Crippen molar-refractivity contribution < 1.29 is 27.5 Å². The zero-order chi connectivity index (χ0) is 26.3. The summed E-state index contributed by atoms with van der Waals surface area (Å²) in [7, 11) is -3.81. The number of nitrogens with one attached hydrogen (secondary N) is 1. The molecule has 1 atom stereocenters. The van der Waals surface area contributed by atoms with Crippen molar-refractivity contribution in [2.45, 2.75) is 46.2 Å². The molecule has 1 N–H and O–H groups in total. The third-order valence-electron chi connectivity index (χ3n) is 5.88. The van der Waals surface area contributed by atoms with E-state index in [0.29, 0.717) is 36.8 Å². The minimum atomic E-state index is -3.81. The van der Waals surface area contributed by atoms with E-state index in [1.165, 1.54) is 11.8 Å². The van der Waals surface area contributed by atoms with Gasteiger partial charge in [-0.05, 0) is 51.8 Å². The second-order valence-corrected chi connectivity index (χ2v) is 11.1. The molecule has 1 aliphatic rings. The first-order valence-electron chi connectivity index (χ1n) is 12.2. The quantitative estimate of drug-likeness (QED) is 0.491. The Morgan fingerprint density at radius 3 is 2.31 bits per heavy atom. The van der Waals surface area contributed by atoms with Crippen LogP contribution in [0.2, 0.25) is 0 Å². The lowest BCUT2D eigenvalue weighted by atomic mass is 10.1. The Bertz CT molecular complexity index is 1150. The second-order valence-electron chi connectivity index (χ2n) is 8.90. The number of amides is 2. The summed E-state index contributed by atoms with van der Waals surface area (Å²) in [6.07, 6.45) is 0.524. The number of hydrogen-bond donors (Lipinski definition) is 1. The SMILES string of the molecule is CCS(=O)(=O)N(CC(=O)N(CCc1ccccc1)C(C)C(=O)NC(C)C)c1ccc2c(c1)OCCO2. The van der Waals surface area contributed by atoms with Gasteiger partial charge >= 0.3 is 0 Å². The highest BCUT2D eigenvalue weighted by molar-refractivity contribution is 7.92. The summed E-state index contributed by atoms with van der Waals surface area (Å²) in [4.78, 5) is 27.9. The highest BCUT2D eigenvalue weighted by Crippen LogP contribution is 2.35. The fourth-order valence-electron chi connectivity index (χ4n) is 3.88. The van der Waals surface area contributed by atoms with E-state index in [-0.39, 0.29) is 24.2 Å². The number of fused-ring (bicyclic) bond motifs is 1. The Morgan fingerprint density at radius 1 is 1.00 bits per heavy atom. The van der Waals surface area contributed by atoms with Crippen molar-refractivity contribution in [1.29, 1.82) is 0 Å². The third-order valence-corrected chi connectivity index (χ3v) is 7.62. The first-order valence-corrected chi connectivity index (χ1v) is 13.8. The van der Waals surface area contributed by atoms with Gasteiger partial charge in [-0.15, -0.1) is 0 Å². The molecule has 1 heterocycles. The Kier molecular flexibility index (Phi) is 9.19. The number of ether oxygens (including phenoxy) is 2. The molecule has 2 aromatic rings. The smallest absolute Gasteiger partial charge is 0.244 e. The molecule has 0 saturated heterocycles. The molecule has 0 fully saturated rings. The van der Waals surface area contributed by atoms with Crippen LogP contribution in [0.25, 0.3) is 0 Å². The zero-order valence-corrected chi connectivity index (χ0v) is 22.1. The summed E-state index contributed by atoms with van der Waals surface area (Å²) >= 11 is 0. The topological polar surface area (TPSA) is 105 Å². The van der Waals surface area contributed by atoms with E-state index in [2.05, 4.69) is 5.32 Å². The van der Waals surface area contributed by atoms with Crippen LogP contribution < -0.4 is 19.1 Å². The van der Waals surface area contributed by atoms with Gasteiger partial charge in [-0.25, -0.2) is 8.42 Å². The van der Waals surface area contributed by atoms with E-state index in [4.69, 9.17) is 9.47 Å². The molecule has 2 amide bonds. The highest BCUT2D eigenvalue weighted by atomic mass is 32.2. The van der Waals surface area contributed by atoms with Crippen LogP contribution in [0.1, 0.15) is 33.3 Å². The fourth-order valence-corrected chi connectivity index (χ4v) is 4.94. The maximum absolute atomic E-state index is 13.6. The lowest BCUT2D eigenvalue weighted by molar-refractivity contribution is -0.139. The van der Waals surface area contributed by atoms with E-state index >= 15 is 0 Å². The van der Waals surface area contributed by atoms with Crippen molar-refractivity contribution in [3.8, 4) is 11.5 Å². The molecule has 10 heteroatoms. The summed E-state index contributed by atoms with van der Waals surface area (Å²) in [6, 6.07) is 13.5. The van der Waals surface area contributed by atoms with Crippen molar-refractivity contribution in [1.82, 2.24) is 10.2 Å². The molecule has 0 aliphatic carbocycles. The molecule has 0 bridgehead atoms. The molecule has 0 spiro atoms. The Morgan fingerprint density at radius 2 is 1.67 bits per heavy atom. The molecule has 1 aliphatic heterocycles. The predicted octanol–water partition coefficient (Wildman–Crippen LogP) is 2.60. The van der Waals surface area contributed by atoms with Crippen LogP contribution in [0.3, 0.4) is 0 Å². The maximum atomic E-state index is 13.6. The molecule has 0 saturated carbocycles. The van der Waals surface area contributed by atoms with Gasteiger partial charge in [0.2, 0.25) is 21.8 Å². The van der Waals surface area contributed by atoms with Crippen molar-refractivity contribution >= 4 is 27.5 Å². The van der Waals surface area contributed by atoms with E-state index in [1.54, 1.807) is 25.1 Å². The molecule has 0 radical (unpaired) electrons. The summed E-state index contributed by atoms with van der Waals surface area (Å²) in [5.74, 6) is -0.0103. The van der Waals surface area contributed by atoms with Gasteiger partial charge in [0.1, 0.15) is 25.8 Å². The number of anilines is 1. The standard InChI is InChI=1S/C26H35N3O6S/c1-5-36(32,33)29(22-11-12-23-24(17-22)35-16-15-34-23)18-25(30)28(20(4)26(31)27-19(2)3)14-13-21-9-7-6-8-10-21/h6-12,17,19-20H,5,13-16,18H2,1-4H3,(H,27,31). The van der Waals surface area contributed by atoms with Crippen LogP contribution in [0, 0.1) is 0 Å². The molecule has 36 heavy (non-hydrogen) atoms. The summed E-state index contributed by atoms with van der Waals surface area (Å²) in [5, 5.41) is 2.84. The van der Waals surface area contributed by atoms with Crippen LogP contribution in [-0.2, 0) is 26.0 Å². The highest BCUT2D eigenvalue weighted by Gasteiger charge is 2.31. The number of rotatable bonds is 11. The number of nitrogens with zero attached hydrogens (tertiary/aromatic N) is 2. The summed E-state index contributed by atoms with van der Waals surface area (Å²) in [6.45, 7) is 7.46. The lowest BCUT2D eigenvalue weighted by Gasteiger charge is -2.32. The number of carbonyl (C=O) groups is 2. The molecular formula is C26H35N3O6S. The largest absolute Gasteiger partial charge is 0.486 e. The van der Waals surface area contributed by atoms with Gasteiger partial charge < -0.3 is 19.7 Å². The Labute approximate surface area is 213 Å². The summed E-state index contributed by atoms with van der Waals surface area (Å²) < 4.78 is 38.3. The first kappa shape index (κ1) is 27.3. The van der Waals surface area contributed by atoms with Crippen molar-refractivity contribution in [2.24, 2.45) is 0 Å². The van der Waals surface area contributed by atoms with Crippen LogP contribution in [-0.4, -0.2) is 69.3 Å². The van der Waals surface area contributed by atoms with Crippen molar-refractivity contribution in [3.63, 3.8) is 0 Å². The number of sulfonamides is 1. The van der Waals surface area contributed by atoms with E-state index in [0.717, 1.165) is 9.87 Å².